The number of aliphatic carboxylic acids is 1. The second-order valence-corrected chi connectivity index (χ2v) is 4.98. The molecule has 8 heteroatoms. The molecule has 1 amide bonds. The van der Waals surface area contributed by atoms with Crippen molar-refractivity contribution in [1.82, 2.24) is 5.32 Å². The van der Waals surface area contributed by atoms with Crippen LogP contribution in [0.2, 0.25) is 0 Å². The number of amides is 1. The van der Waals surface area contributed by atoms with E-state index in [0.717, 1.165) is 0 Å². The molecule has 108 valence electrons. The highest BCUT2D eigenvalue weighted by molar-refractivity contribution is 5.73. The molecule has 0 aromatic rings. The van der Waals surface area contributed by atoms with Gasteiger partial charge in [-0.15, -0.1) is 0 Å². The molecule has 0 rings (SSSR count). The van der Waals surface area contributed by atoms with Crippen LogP contribution in [0, 0.1) is 0 Å². The molecule has 0 aromatic carbocycles. The summed E-state index contributed by atoms with van der Waals surface area (Å²) in [5.74, 6) is -1.14. The first-order valence-electron chi connectivity index (χ1n) is 6.00. The minimum absolute atomic E-state index is 0.245. The number of carbonyl (C=O) groups is 2. The molecule has 0 heterocycles. The summed E-state index contributed by atoms with van der Waals surface area (Å²) in [6.45, 7) is 5.69. The van der Waals surface area contributed by atoms with Crippen molar-refractivity contribution >= 4 is 12.1 Å². The third-order valence-corrected chi connectivity index (χ3v) is 2.05. The van der Waals surface area contributed by atoms with Gasteiger partial charge in [0.1, 0.15) is 11.6 Å². The fourth-order valence-corrected chi connectivity index (χ4v) is 1.26. The molecule has 1 atom stereocenters. The van der Waals surface area contributed by atoms with Gasteiger partial charge in [-0.25, -0.2) is 4.79 Å². The molecule has 19 heavy (non-hydrogen) atoms. The number of nitrogens with one attached hydrogen (secondary N) is 1. The minimum Gasteiger partial charge on any atom is -0.481 e. The molecule has 0 aliphatic heterocycles. The lowest BCUT2D eigenvalue weighted by Crippen LogP contribution is -2.33. The highest BCUT2D eigenvalue weighted by Gasteiger charge is 2.16. The molecular weight excluding hydrogens is 252 g/mol. The van der Waals surface area contributed by atoms with Crippen LogP contribution in [0.25, 0.3) is 10.4 Å². The molecule has 0 aliphatic rings. The van der Waals surface area contributed by atoms with Crippen LogP contribution in [0.3, 0.4) is 0 Å². The molecule has 0 unspecified atom stereocenters. The zero-order valence-corrected chi connectivity index (χ0v) is 11.4. The summed E-state index contributed by atoms with van der Waals surface area (Å²) in [6, 6.07) is -1.05. The first-order valence-corrected chi connectivity index (χ1v) is 6.00. The van der Waals surface area contributed by atoms with E-state index in [-0.39, 0.29) is 6.42 Å². The van der Waals surface area contributed by atoms with Gasteiger partial charge < -0.3 is 15.2 Å². The van der Waals surface area contributed by atoms with E-state index in [1.54, 1.807) is 20.8 Å². The number of azide groups is 1. The Morgan fingerprint density at radius 3 is 2.53 bits per heavy atom. The fourth-order valence-electron chi connectivity index (χ4n) is 1.26. The van der Waals surface area contributed by atoms with Crippen LogP contribution in [0.15, 0.2) is 5.11 Å². The van der Waals surface area contributed by atoms with Crippen molar-refractivity contribution < 1.29 is 19.4 Å². The van der Waals surface area contributed by atoms with Crippen LogP contribution in [-0.4, -0.2) is 35.4 Å². The summed E-state index contributed by atoms with van der Waals surface area (Å²) in [6.07, 6.45) is 0.864. The lowest BCUT2D eigenvalue weighted by molar-refractivity contribution is -0.138. The van der Waals surface area contributed by atoms with Crippen molar-refractivity contribution in [2.45, 2.75) is 51.7 Å². The average molecular weight is 272 g/mol. The number of ether oxygens (including phenoxy) is 1. The van der Waals surface area contributed by atoms with E-state index >= 15 is 0 Å². The molecule has 0 saturated carbocycles. The minimum atomic E-state index is -1.14. The number of carbonyl (C=O) groups excluding carboxylic acids is 1. The maximum Gasteiger partial charge on any atom is 0.407 e. The van der Waals surface area contributed by atoms with Gasteiger partial charge >= 0.3 is 12.1 Å². The van der Waals surface area contributed by atoms with Gasteiger partial charge in [0, 0.05) is 11.5 Å². The molecule has 0 fully saturated rings. The van der Waals surface area contributed by atoms with Crippen molar-refractivity contribution in [3.63, 3.8) is 0 Å². The van der Waals surface area contributed by atoms with Gasteiger partial charge in [-0.1, -0.05) is 11.5 Å². The van der Waals surface area contributed by atoms with Gasteiger partial charge in [0.25, 0.3) is 0 Å². The van der Waals surface area contributed by atoms with Gasteiger partial charge in [0.15, 0.2) is 0 Å². The van der Waals surface area contributed by atoms with Crippen molar-refractivity contribution in [1.29, 1.82) is 0 Å². The Balaban J connectivity index is 3.78. The van der Waals surface area contributed by atoms with Gasteiger partial charge in [0.05, 0.1) is 0 Å². The monoisotopic (exact) mass is 272 g/mol. The molecular formula is C11H20N4O4. The number of carboxylic acids is 1. The van der Waals surface area contributed by atoms with E-state index in [1.807, 2.05) is 0 Å². The number of rotatable bonds is 7. The van der Waals surface area contributed by atoms with Gasteiger partial charge in [-0.2, -0.15) is 0 Å². The Morgan fingerprint density at radius 2 is 2.05 bits per heavy atom. The Bertz CT molecular complexity index is 356. The van der Waals surface area contributed by atoms with E-state index in [9.17, 15) is 9.59 Å². The first-order chi connectivity index (χ1) is 8.76. The maximum atomic E-state index is 11.3. The Kier molecular flexibility index (Phi) is 7.36. The second kappa shape index (κ2) is 8.20. The predicted octanol–water partition coefficient (Wildman–Crippen LogP) is 2.44. The number of carboxylic acid groups (broad SMARTS) is 1. The maximum absolute atomic E-state index is 11.3. The third kappa shape index (κ3) is 9.72. The summed E-state index contributed by atoms with van der Waals surface area (Å²) >= 11 is 0. The quantitative estimate of drug-likeness (QED) is 0.319. The van der Waals surface area contributed by atoms with Crippen LogP contribution in [0.1, 0.15) is 40.0 Å². The van der Waals surface area contributed by atoms with Crippen molar-refractivity contribution in [2.24, 2.45) is 5.11 Å². The molecule has 0 aliphatic carbocycles. The molecule has 0 saturated heterocycles. The van der Waals surface area contributed by atoms with Crippen LogP contribution >= 0.6 is 0 Å². The molecule has 0 bridgehead atoms. The van der Waals surface area contributed by atoms with Gasteiger partial charge in [0.2, 0.25) is 0 Å². The Labute approximate surface area is 111 Å². The average Bonchev–Trinajstić information content (AvgIpc) is 2.24. The smallest absolute Gasteiger partial charge is 0.407 e. The van der Waals surface area contributed by atoms with Crippen molar-refractivity contribution in [2.75, 3.05) is 6.54 Å². The van der Waals surface area contributed by atoms with Crippen LogP contribution in [0.4, 0.5) is 4.79 Å². The lowest BCUT2D eigenvalue weighted by atomic mass is 10.1. The largest absolute Gasteiger partial charge is 0.481 e. The summed E-state index contributed by atoms with van der Waals surface area (Å²) in [5.41, 5.74) is 7.65. The van der Waals surface area contributed by atoms with Gasteiger partial charge in [-0.05, 0) is 39.1 Å². The topological polar surface area (TPSA) is 124 Å². The highest BCUT2D eigenvalue weighted by atomic mass is 16.6. The third-order valence-electron chi connectivity index (χ3n) is 2.05. The molecule has 0 aromatic heterocycles. The molecule has 8 nitrogen and oxygen atoms in total. The second-order valence-electron chi connectivity index (χ2n) is 4.98. The molecule has 0 radical (unpaired) electrons. The Morgan fingerprint density at radius 1 is 1.42 bits per heavy atom. The highest BCUT2D eigenvalue weighted by Crippen LogP contribution is 2.07. The Hall–Kier alpha value is -1.95. The number of unbranched alkanes of at least 4 members (excludes halogenated alkanes) is 1. The lowest BCUT2D eigenvalue weighted by Gasteiger charge is -2.19. The van der Waals surface area contributed by atoms with E-state index in [2.05, 4.69) is 15.3 Å². The number of hydrogen-bond acceptors (Lipinski definition) is 4. The van der Waals surface area contributed by atoms with Crippen LogP contribution < -0.4 is 5.32 Å². The summed E-state index contributed by atoms with van der Waals surface area (Å²) in [7, 11) is 0. The normalized spacial score (nSPS) is 12.2. The van der Waals surface area contributed by atoms with E-state index in [0.29, 0.717) is 19.4 Å². The van der Waals surface area contributed by atoms with E-state index in [1.165, 1.54) is 0 Å². The summed E-state index contributed by atoms with van der Waals surface area (Å²) in [4.78, 5) is 24.4. The molecule has 2 N–H and O–H groups in total. The zero-order chi connectivity index (χ0) is 14.9. The molecule has 0 spiro atoms. The first kappa shape index (κ1) is 17.1. The predicted molar refractivity (Wildman–Crippen MR) is 68.7 cm³/mol. The number of nitrogens with zero attached hydrogens (tertiary/aromatic N) is 3. The number of alkyl carbamates (subject to hydrolysis) is 1. The SMILES string of the molecule is CC(C)(C)OC(=O)NCCCC[C@@H](N=[N+]=[N-])C(=O)O. The van der Waals surface area contributed by atoms with Crippen LogP contribution in [0.5, 0.6) is 0 Å². The van der Waals surface area contributed by atoms with E-state index < -0.39 is 23.7 Å². The van der Waals surface area contributed by atoms with Crippen molar-refractivity contribution in [3.8, 4) is 0 Å². The van der Waals surface area contributed by atoms with E-state index in [4.69, 9.17) is 15.4 Å². The summed E-state index contributed by atoms with van der Waals surface area (Å²) < 4.78 is 5.03. The van der Waals surface area contributed by atoms with Crippen molar-refractivity contribution in [3.05, 3.63) is 10.4 Å². The standard InChI is InChI=1S/C11H20N4O4/c1-11(2,3)19-10(18)13-7-5-4-6-8(9(16)17)14-15-12/h8H,4-7H2,1-3H3,(H,13,18)(H,16,17)/t8-/m1/s1. The van der Waals surface area contributed by atoms with Crippen LogP contribution in [-0.2, 0) is 9.53 Å². The number of hydrogen-bond donors (Lipinski definition) is 2. The summed E-state index contributed by atoms with van der Waals surface area (Å²) in [5, 5.41) is 14.5. The fraction of sp³-hybridized carbons (Fsp3) is 0.818. The zero-order valence-electron chi connectivity index (χ0n) is 11.4. The van der Waals surface area contributed by atoms with Gasteiger partial charge in [-0.3, -0.25) is 4.79 Å².